The summed E-state index contributed by atoms with van der Waals surface area (Å²) in [5.74, 6) is -0.554. The molecule has 0 bridgehead atoms. The molecule has 0 saturated heterocycles. The Morgan fingerprint density at radius 1 is 1.15 bits per heavy atom. The molecule has 2 rings (SSSR count). The molecule has 0 radical (unpaired) electrons. The summed E-state index contributed by atoms with van der Waals surface area (Å²) in [6, 6.07) is 12.7. The number of carbonyl (C=O) groups excluding carboxylic acids is 1. The highest BCUT2D eigenvalue weighted by Gasteiger charge is 2.11. The molecule has 0 spiro atoms. The van der Waals surface area contributed by atoms with Crippen LogP contribution >= 0.6 is 11.6 Å². The first-order chi connectivity index (χ1) is 9.58. The lowest BCUT2D eigenvalue weighted by atomic mass is 10.1. The van der Waals surface area contributed by atoms with Crippen molar-refractivity contribution in [3.63, 3.8) is 0 Å². The molecule has 20 heavy (non-hydrogen) atoms. The van der Waals surface area contributed by atoms with Gasteiger partial charge in [-0.1, -0.05) is 23.7 Å². The second-order valence-corrected chi connectivity index (χ2v) is 4.52. The third-order valence-corrected chi connectivity index (χ3v) is 2.91. The zero-order valence-corrected chi connectivity index (χ0v) is 11.2. The van der Waals surface area contributed by atoms with E-state index < -0.39 is 5.97 Å². The monoisotopic (exact) mass is 289 g/mol. The molecule has 0 aromatic heterocycles. The smallest absolute Gasteiger partial charge is 0.338 e. The van der Waals surface area contributed by atoms with Crippen LogP contribution in [-0.2, 0) is 4.74 Å². The normalized spacial score (nSPS) is 10.1. The zero-order valence-electron chi connectivity index (χ0n) is 10.5. The van der Waals surface area contributed by atoms with Gasteiger partial charge < -0.3 is 15.3 Å². The molecule has 0 atom stereocenters. The number of phenols is 1. The first-order valence-electron chi connectivity index (χ1n) is 5.86. The average molecular weight is 290 g/mol. The van der Waals surface area contributed by atoms with Crippen molar-refractivity contribution in [2.24, 2.45) is 0 Å². The minimum absolute atomic E-state index is 0.0139. The van der Waals surface area contributed by atoms with Crippen LogP contribution in [-0.4, -0.2) is 23.4 Å². The maximum atomic E-state index is 11.8. The first kappa shape index (κ1) is 14.1. The minimum Gasteiger partial charge on any atom is -0.507 e. The number of rotatable bonds is 4. The number of hydrogen-bond donors (Lipinski definition) is 2. The van der Waals surface area contributed by atoms with Gasteiger partial charge >= 0.3 is 5.97 Å². The van der Waals surface area contributed by atoms with Gasteiger partial charge in [0.2, 0.25) is 0 Å². The van der Waals surface area contributed by atoms with Crippen LogP contribution in [0.4, 0.5) is 0 Å². The topological polar surface area (TPSA) is 70.4 Å². The van der Waals surface area contributed by atoms with Crippen molar-refractivity contribution in [1.82, 2.24) is 0 Å². The van der Waals surface area contributed by atoms with E-state index in [2.05, 4.69) is 0 Å². The summed E-state index contributed by atoms with van der Waals surface area (Å²) in [5.41, 5.74) is 0.737. The highest BCUT2D eigenvalue weighted by molar-refractivity contribution is 6.30. The third kappa shape index (κ3) is 3.36. The van der Waals surface area contributed by atoms with Gasteiger partial charge in [0.1, 0.15) is 12.4 Å². The fourth-order valence-corrected chi connectivity index (χ4v) is 1.74. The summed E-state index contributed by atoms with van der Waals surface area (Å²) in [7, 11) is 0. The number of carbonyl (C=O) groups is 1. The predicted molar refractivity (Wildman–Crippen MR) is 76.7 cm³/mol. The molecule has 0 aliphatic carbocycles. The Bertz CT molecular complexity index is 638. The van der Waals surface area contributed by atoms with Crippen LogP contribution in [0.1, 0.15) is 15.9 Å². The van der Waals surface area contributed by atoms with E-state index in [9.17, 15) is 9.90 Å². The largest absolute Gasteiger partial charge is 0.507 e. The van der Waals surface area contributed by atoms with E-state index in [1.165, 1.54) is 6.07 Å². The van der Waals surface area contributed by atoms with Crippen molar-refractivity contribution in [2.75, 3.05) is 6.61 Å². The molecule has 0 saturated carbocycles. The number of aromatic hydroxyl groups is 1. The van der Waals surface area contributed by atoms with Crippen LogP contribution in [0.3, 0.4) is 0 Å². The Balaban J connectivity index is 1.99. The van der Waals surface area contributed by atoms with E-state index in [4.69, 9.17) is 21.7 Å². The molecule has 2 N–H and O–H groups in total. The summed E-state index contributed by atoms with van der Waals surface area (Å²) in [6.07, 6.45) is 0. The lowest BCUT2D eigenvalue weighted by molar-refractivity contribution is 0.0563. The van der Waals surface area contributed by atoms with Crippen LogP contribution < -0.4 is 0 Å². The fourth-order valence-electron chi connectivity index (χ4n) is 1.61. The lowest BCUT2D eigenvalue weighted by Crippen LogP contribution is -2.14. The number of halogens is 1. The van der Waals surface area contributed by atoms with Gasteiger partial charge in [-0.3, -0.25) is 0 Å². The number of hydrogen-bond acceptors (Lipinski definition) is 4. The van der Waals surface area contributed by atoms with E-state index in [1.807, 2.05) is 0 Å². The van der Waals surface area contributed by atoms with Gasteiger partial charge in [-0.15, -0.1) is 0 Å². The van der Waals surface area contributed by atoms with Crippen LogP contribution in [0.15, 0.2) is 48.5 Å². The van der Waals surface area contributed by atoms with Crippen molar-refractivity contribution in [2.45, 2.75) is 0 Å². The molecule has 102 valence electrons. The van der Waals surface area contributed by atoms with Gasteiger partial charge in [-0.25, -0.2) is 4.79 Å². The molecule has 0 aliphatic rings. The zero-order chi connectivity index (χ0) is 14.5. The van der Waals surface area contributed by atoms with Crippen molar-refractivity contribution in [3.05, 3.63) is 64.7 Å². The van der Waals surface area contributed by atoms with Gasteiger partial charge in [0.25, 0.3) is 0 Å². The fraction of sp³-hybridized carbons (Fsp3) is 0.0667. The van der Waals surface area contributed by atoms with Gasteiger partial charge in [0.15, 0.2) is 0 Å². The van der Waals surface area contributed by atoms with Crippen LogP contribution in [0.2, 0.25) is 5.02 Å². The van der Waals surface area contributed by atoms with E-state index in [0.717, 1.165) is 0 Å². The highest BCUT2D eigenvalue weighted by Crippen LogP contribution is 2.16. The number of para-hydroxylation sites is 1. The van der Waals surface area contributed by atoms with E-state index in [1.54, 1.807) is 42.5 Å². The number of benzene rings is 2. The molecule has 0 unspecified atom stereocenters. The van der Waals surface area contributed by atoms with Crippen molar-refractivity contribution >= 4 is 23.3 Å². The molecule has 2 aromatic rings. The quantitative estimate of drug-likeness (QED) is 0.670. The molecular formula is C15H12ClNO3. The van der Waals surface area contributed by atoms with Crippen molar-refractivity contribution < 1.29 is 14.6 Å². The maximum absolute atomic E-state index is 11.8. The maximum Gasteiger partial charge on any atom is 0.338 e. The molecule has 2 aromatic carbocycles. The summed E-state index contributed by atoms with van der Waals surface area (Å²) >= 11 is 5.73. The Morgan fingerprint density at radius 3 is 2.45 bits per heavy atom. The molecule has 4 nitrogen and oxygen atoms in total. The van der Waals surface area contributed by atoms with Crippen LogP contribution in [0.25, 0.3) is 0 Å². The first-order valence-corrected chi connectivity index (χ1v) is 6.24. The third-order valence-electron chi connectivity index (χ3n) is 2.66. The number of esters is 1. The Morgan fingerprint density at radius 2 is 1.80 bits per heavy atom. The average Bonchev–Trinajstić information content (AvgIpc) is 2.45. The predicted octanol–water partition coefficient (Wildman–Crippen LogP) is 3.27. The van der Waals surface area contributed by atoms with Crippen molar-refractivity contribution in [1.29, 1.82) is 5.41 Å². The standard InChI is InChI=1S/C15H12ClNO3/c16-11-7-5-10(6-8-11)15(19)20-9-13(17)12-3-1-2-4-14(12)18/h1-8,17-18H,9H2. The number of phenolic OH excluding ortho intramolecular Hbond substituents is 1. The number of nitrogens with one attached hydrogen (secondary N) is 1. The van der Waals surface area contributed by atoms with Gasteiger partial charge in [-0.05, 0) is 36.4 Å². The molecule has 0 aliphatic heterocycles. The molecule has 0 fully saturated rings. The van der Waals surface area contributed by atoms with E-state index in [0.29, 0.717) is 16.1 Å². The SMILES string of the molecule is N=C(COC(=O)c1ccc(Cl)cc1)c1ccccc1O. The Kier molecular flexibility index (Phi) is 4.38. The second-order valence-electron chi connectivity index (χ2n) is 4.08. The van der Waals surface area contributed by atoms with Crippen molar-refractivity contribution in [3.8, 4) is 5.75 Å². The summed E-state index contributed by atoms with van der Waals surface area (Å²) < 4.78 is 5.02. The van der Waals surface area contributed by atoms with E-state index in [-0.39, 0.29) is 18.1 Å². The van der Waals surface area contributed by atoms with Gasteiger partial charge in [-0.2, -0.15) is 0 Å². The Labute approximate surface area is 121 Å². The number of ether oxygens (including phenoxy) is 1. The second kappa shape index (κ2) is 6.21. The molecule has 0 heterocycles. The van der Waals surface area contributed by atoms with Crippen LogP contribution in [0.5, 0.6) is 5.75 Å². The molecular weight excluding hydrogens is 278 g/mol. The molecule has 0 amide bonds. The van der Waals surface area contributed by atoms with Crippen LogP contribution in [0, 0.1) is 5.41 Å². The molecule has 5 heteroatoms. The van der Waals surface area contributed by atoms with Gasteiger partial charge in [0, 0.05) is 10.6 Å². The summed E-state index contributed by atoms with van der Waals surface area (Å²) in [5, 5.41) is 17.9. The summed E-state index contributed by atoms with van der Waals surface area (Å²) in [6.45, 7) is -0.209. The van der Waals surface area contributed by atoms with E-state index >= 15 is 0 Å². The minimum atomic E-state index is -0.540. The van der Waals surface area contributed by atoms with Gasteiger partial charge in [0.05, 0.1) is 11.3 Å². The summed E-state index contributed by atoms with van der Waals surface area (Å²) in [4.78, 5) is 11.8. The highest BCUT2D eigenvalue weighted by atomic mass is 35.5. The lowest BCUT2D eigenvalue weighted by Gasteiger charge is -2.08. The Hall–Kier alpha value is -2.33.